The molecule has 0 bridgehead atoms. The average molecular weight is 466 g/mol. The third kappa shape index (κ3) is 4.43. The molecule has 1 aliphatic heterocycles. The number of hydrogen-bond donors (Lipinski definition) is 0. The van der Waals surface area contributed by atoms with Crippen LogP contribution in [0.1, 0.15) is 26.2 Å². The summed E-state index contributed by atoms with van der Waals surface area (Å²) >= 11 is 6.54. The number of hydrogen-bond acceptors (Lipinski definition) is 7. The smallest absolute Gasteiger partial charge is 0.307 e. The maximum Gasteiger partial charge on any atom is 0.307 e. The molecule has 9 heteroatoms. The number of aromatic nitrogens is 4. The van der Waals surface area contributed by atoms with Gasteiger partial charge in [0.05, 0.1) is 42.0 Å². The molecule has 0 amide bonds. The van der Waals surface area contributed by atoms with E-state index in [1.807, 2.05) is 36.4 Å². The molecule has 5 rings (SSSR count). The zero-order chi connectivity index (χ0) is 22.8. The van der Waals surface area contributed by atoms with Gasteiger partial charge in [-0.1, -0.05) is 16.8 Å². The second kappa shape index (κ2) is 9.23. The van der Waals surface area contributed by atoms with Gasteiger partial charge in [-0.3, -0.25) is 9.48 Å². The molecule has 0 saturated carbocycles. The number of esters is 1. The fourth-order valence-electron chi connectivity index (χ4n) is 4.15. The molecule has 0 N–H and O–H groups in total. The minimum Gasteiger partial charge on any atom is -0.466 e. The Bertz CT molecular complexity index is 1290. The van der Waals surface area contributed by atoms with Crippen molar-refractivity contribution in [1.82, 2.24) is 19.9 Å². The summed E-state index contributed by atoms with van der Waals surface area (Å²) in [6, 6.07) is 11.7. The van der Waals surface area contributed by atoms with Crippen molar-refractivity contribution in [2.45, 2.75) is 32.7 Å². The highest BCUT2D eigenvalue weighted by molar-refractivity contribution is 6.33. The van der Waals surface area contributed by atoms with E-state index in [1.54, 1.807) is 17.8 Å². The molecular formula is C24H24ClN5O3. The van der Waals surface area contributed by atoms with Gasteiger partial charge in [-0.25, -0.2) is 0 Å². The Morgan fingerprint density at radius 2 is 1.97 bits per heavy atom. The average Bonchev–Trinajstić information content (AvgIpc) is 3.58. The highest BCUT2D eigenvalue weighted by Gasteiger charge is 2.18. The highest BCUT2D eigenvalue weighted by Crippen LogP contribution is 2.33. The Morgan fingerprint density at radius 1 is 1.15 bits per heavy atom. The van der Waals surface area contributed by atoms with Crippen molar-refractivity contribution in [1.29, 1.82) is 0 Å². The molecule has 0 atom stereocenters. The van der Waals surface area contributed by atoms with Gasteiger partial charge in [0.15, 0.2) is 0 Å². The van der Waals surface area contributed by atoms with Crippen molar-refractivity contribution in [3.05, 3.63) is 47.6 Å². The van der Waals surface area contributed by atoms with Crippen molar-refractivity contribution in [3.8, 4) is 22.8 Å². The van der Waals surface area contributed by atoms with E-state index in [4.69, 9.17) is 20.9 Å². The van der Waals surface area contributed by atoms with Crippen LogP contribution in [0, 0.1) is 0 Å². The van der Waals surface area contributed by atoms with Crippen LogP contribution < -0.4 is 4.90 Å². The summed E-state index contributed by atoms with van der Waals surface area (Å²) in [6.07, 6.45) is 4.43. The van der Waals surface area contributed by atoms with Crippen LogP contribution in [0.5, 0.6) is 0 Å². The van der Waals surface area contributed by atoms with Gasteiger partial charge < -0.3 is 14.2 Å². The van der Waals surface area contributed by atoms with E-state index in [0.29, 0.717) is 29.9 Å². The summed E-state index contributed by atoms with van der Waals surface area (Å²) in [5.41, 5.74) is 3.58. The number of carbonyl (C=O) groups is 1. The van der Waals surface area contributed by atoms with E-state index in [9.17, 15) is 4.79 Å². The predicted molar refractivity (Wildman–Crippen MR) is 126 cm³/mol. The van der Waals surface area contributed by atoms with E-state index in [2.05, 4.69) is 20.1 Å². The van der Waals surface area contributed by atoms with Crippen molar-refractivity contribution >= 4 is 34.2 Å². The lowest BCUT2D eigenvalue weighted by Crippen LogP contribution is -2.17. The van der Waals surface area contributed by atoms with Gasteiger partial charge in [0.2, 0.25) is 5.82 Å². The Labute approximate surface area is 196 Å². The largest absolute Gasteiger partial charge is 0.466 e. The molecule has 4 aromatic rings. The van der Waals surface area contributed by atoms with E-state index in [1.165, 1.54) is 12.8 Å². The van der Waals surface area contributed by atoms with Gasteiger partial charge in [0, 0.05) is 29.6 Å². The molecule has 0 unspecified atom stereocenters. The summed E-state index contributed by atoms with van der Waals surface area (Å²) in [7, 11) is 0. The molecule has 170 valence electrons. The minimum absolute atomic E-state index is 0.231. The lowest BCUT2D eigenvalue weighted by molar-refractivity contribution is -0.143. The fourth-order valence-corrected chi connectivity index (χ4v) is 4.45. The summed E-state index contributed by atoms with van der Waals surface area (Å²) in [6.45, 7) is 4.70. The summed E-state index contributed by atoms with van der Waals surface area (Å²) < 4.78 is 12.3. The molecule has 1 fully saturated rings. The molecule has 1 saturated heterocycles. The summed E-state index contributed by atoms with van der Waals surface area (Å²) in [5.74, 6) is 0.682. The highest BCUT2D eigenvalue weighted by atomic mass is 35.5. The maximum absolute atomic E-state index is 11.6. The Hall–Kier alpha value is -3.39. The van der Waals surface area contributed by atoms with Crippen molar-refractivity contribution < 1.29 is 14.1 Å². The van der Waals surface area contributed by atoms with Gasteiger partial charge in [-0.05, 0) is 56.2 Å². The van der Waals surface area contributed by atoms with E-state index in [0.717, 1.165) is 40.8 Å². The normalized spacial score (nSPS) is 13.7. The minimum atomic E-state index is -0.231. The molecule has 33 heavy (non-hydrogen) atoms. The van der Waals surface area contributed by atoms with Crippen LogP contribution in [0.25, 0.3) is 33.7 Å². The number of halogens is 1. The van der Waals surface area contributed by atoms with Crippen LogP contribution >= 0.6 is 11.6 Å². The third-order valence-electron chi connectivity index (χ3n) is 5.80. The van der Waals surface area contributed by atoms with Crippen LogP contribution in [-0.2, 0) is 16.1 Å². The molecule has 2 aromatic carbocycles. The number of anilines is 1. The molecular weight excluding hydrogens is 442 g/mol. The SMILES string of the molecule is CCOC(=O)CCn1ncc2cc(-c3noc(-c4ccc(N5CCCC5)c(Cl)c4)n3)ccc21. The Morgan fingerprint density at radius 3 is 2.76 bits per heavy atom. The molecule has 2 aromatic heterocycles. The first-order valence-corrected chi connectivity index (χ1v) is 11.5. The van der Waals surface area contributed by atoms with Crippen molar-refractivity contribution in [2.75, 3.05) is 24.6 Å². The molecule has 0 radical (unpaired) electrons. The lowest BCUT2D eigenvalue weighted by atomic mass is 10.1. The Kier molecular flexibility index (Phi) is 6.00. The number of aryl methyl sites for hydroxylation is 1. The van der Waals surface area contributed by atoms with Crippen LogP contribution in [-0.4, -0.2) is 45.6 Å². The first-order valence-electron chi connectivity index (χ1n) is 11.1. The lowest BCUT2D eigenvalue weighted by Gasteiger charge is -2.19. The van der Waals surface area contributed by atoms with Gasteiger partial charge >= 0.3 is 5.97 Å². The van der Waals surface area contributed by atoms with Crippen LogP contribution in [0.4, 0.5) is 5.69 Å². The number of carbonyl (C=O) groups excluding carboxylic acids is 1. The molecule has 0 spiro atoms. The first kappa shape index (κ1) is 21.5. The molecule has 1 aliphatic rings. The van der Waals surface area contributed by atoms with Gasteiger partial charge in [-0.15, -0.1) is 0 Å². The molecule has 3 heterocycles. The number of fused-ring (bicyclic) bond motifs is 1. The van der Waals surface area contributed by atoms with Crippen molar-refractivity contribution in [3.63, 3.8) is 0 Å². The quantitative estimate of drug-likeness (QED) is 0.356. The summed E-state index contributed by atoms with van der Waals surface area (Å²) in [4.78, 5) is 18.5. The molecule has 8 nitrogen and oxygen atoms in total. The summed E-state index contributed by atoms with van der Waals surface area (Å²) in [5, 5.41) is 10.2. The topological polar surface area (TPSA) is 86.3 Å². The van der Waals surface area contributed by atoms with Crippen LogP contribution in [0.2, 0.25) is 5.02 Å². The third-order valence-corrected chi connectivity index (χ3v) is 6.10. The van der Waals surface area contributed by atoms with Crippen LogP contribution in [0.15, 0.2) is 47.1 Å². The second-order valence-corrected chi connectivity index (χ2v) is 8.39. The van der Waals surface area contributed by atoms with E-state index >= 15 is 0 Å². The second-order valence-electron chi connectivity index (χ2n) is 7.98. The zero-order valence-electron chi connectivity index (χ0n) is 18.3. The molecule has 0 aliphatic carbocycles. The van der Waals surface area contributed by atoms with Crippen LogP contribution in [0.3, 0.4) is 0 Å². The fraction of sp³-hybridized carbons (Fsp3) is 0.333. The zero-order valence-corrected chi connectivity index (χ0v) is 19.1. The number of nitrogens with zero attached hydrogens (tertiary/aromatic N) is 5. The van der Waals surface area contributed by atoms with Gasteiger partial charge in [0.25, 0.3) is 5.89 Å². The van der Waals surface area contributed by atoms with Gasteiger partial charge in [0.1, 0.15) is 0 Å². The monoisotopic (exact) mass is 465 g/mol. The van der Waals surface area contributed by atoms with E-state index < -0.39 is 0 Å². The maximum atomic E-state index is 11.6. The Balaban J connectivity index is 1.34. The number of ether oxygens (including phenoxy) is 1. The number of benzene rings is 2. The number of rotatable bonds is 7. The van der Waals surface area contributed by atoms with E-state index in [-0.39, 0.29) is 12.4 Å². The standard InChI is InChI=1S/C24H24ClN5O3/c1-2-32-22(31)9-12-30-20-7-5-16(13-18(20)15-26-30)23-27-24(33-28-23)17-6-8-21(19(25)14-17)29-10-3-4-11-29/h5-8,13-15H,2-4,9-12H2,1H3. The van der Waals surface area contributed by atoms with Gasteiger partial charge in [-0.2, -0.15) is 10.1 Å². The first-order chi connectivity index (χ1) is 16.1. The predicted octanol–water partition coefficient (Wildman–Crippen LogP) is 4.96. The van der Waals surface area contributed by atoms with Crippen molar-refractivity contribution in [2.24, 2.45) is 0 Å².